The minimum absolute atomic E-state index is 0.0922. The van der Waals surface area contributed by atoms with Crippen LogP contribution in [0.25, 0.3) is 0 Å². The van der Waals surface area contributed by atoms with Gasteiger partial charge in [0.1, 0.15) is 11.5 Å². The largest absolute Gasteiger partial charge is 0.507 e. The lowest BCUT2D eigenvalue weighted by Crippen LogP contribution is -2.10. The van der Waals surface area contributed by atoms with Crippen LogP contribution in [0.5, 0.6) is 17.2 Å². The van der Waals surface area contributed by atoms with Crippen LogP contribution in [0.15, 0.2) is 68.7 Å². The first-order valence-corrected chi connectivity index (χ1v) is 11.9. The van der Waals surface area contributed by atoms with Crippen molar-refractivity contribution in [2.75, 3.05) is 13.2 Å². The Morgan fingerprint density at radius 1 is 1.06 bits per heavy atom. The smallest absolute Gasteiger partial charge is 0.347 e. The third kappa shape index (κ3) is 6.82. The fourth-order valence-electron chi connectivity index (χ4n) is 2.78. The summed E-state index contributed by atoms with van der Waals surface area (Å²) in [6.07, 6.45) is 1.43. The highest BCUT2D eigenvalue weighted by Crippen LogP contribution is 2.38. The van der Waals surface area contributed by atoms with Crippen molar-refractivity contribution in [2.45, 2.75) is 6.92 Å². The van der Waals surface area contributed by atoms with E-state index in [0.717, 1.165) is 0 Å². The lowest BCUT2D eigenvalue weighted by Gasteiger charge is -2.12. The van der Waals surface area contributed by atoms with Crippen LogP contribution in [0.4, 0.5) is 0 Å². The highest BCUT2D eigenvalue weighted by atomic mass is 79.9. The molecule has 0 aliphatic rings. The van der Waals surface area contributed by atoms with Gasteiger partial charge < -0.3 is 19.4 Å². The van der Waals surface area contributed by atoms with Gasteiger partial charge in [-0.15, -0.1) is 0 Å². The van der Waals surface area contributed by atoms with Crippen molar-refractivity contribution in [2.24, 2.45) is 5.16 Å². The average Bonchev–Trinajstić information content (AvgIpc) is 2.80. The molecule has 7 nitrogen and oxygen atoms in total. The Balaban J connectivity index is 1.76. The van der Waals surface area contributed by atoms with E-state index < -0.39 is 5.97 Å². The summed E-state index contributed by atoms with van der Waals surface area (Å²) < 4.78 is 11.9. The van der Waals surface area contributed by atoms with Gasteiger partial charge in [0.25, 0.3) is 0 Å². The molecule has 3 rings (SSSR count). The lowest BCUT2D eigenvalue weighted by molar-refractivity contribution is -0.148. The van der Waals surface area contributed by atoms with Crippen LogP contribution in [-0.2, 0) is 14.4 Å². The molecule has 34 heavy (non-hydrogen) atoms. The first-order chi connectivity index (χ1) is 16.3. The minimum atomic E-state index is -0.506. The van der Waals surface area contributed by atoms with Crippen molar-refractivity contribution >= 4 is 61.4 Å². The predicted octanol–water partition coefficient (Wildman–Crippen LogP) is 6.51. The molecule has 176 valence electrons. The molecule has 0 saturated carbocycles. The number of benzene rings is 3. The van der Waals surface area contributed by atoms with Crippen LogP contribution in [-0.4, -0.2) is 36.3 Å². The van der Waals surface area contributed by atoms with Gasteiger partial charge in [0.05, 0.1) is 27.3 Å². The third-order valence-electron chi connectivity index (χ3n) is 4.32. The second kappa shape index (κ2) is 12.0. The highest BCUT2D eigenvalue weighted by Gasteiger charge is 2.17. The highest BCUT2D eigenvalue weighted by molar-refractivity contribution is 9.11. The van der Waals surface area contributed by atoms with Gasteiger partial charge in [0, 0.05) is 10.6 Å². The van der Waals surface area contributed by atoms with Crippen molar-refractivity contribution in [3.63, 3.8) is 0 Å². The number of aromatic hydroxyl groups is 1. The Hall–Kier alpha value is -2.88. The number of phenols is 1. The van der Waals surface area contributed by atoms with E-state index in [0.29, 0.717) is 36.6 Å². The van der Waals surface area contributed by atoms with Crippen molar-refractivity contribution in [3.8, 4) is 17.2 Å². The molecule has 0 spiro atoms. The Morgan fingerprint density at radius 3 is 2.38 bits per heavy atom. The van der Waals surface area contributed by atoms with Crippen molar-refractivity contribution in [1.82, 2.24) is 0 Å². The Bertz CT molecular complexity index is 1210. The second-order valence-electron chi connectivity index (χ2n) is 6.74. The first-order valence-electron chi connectivity index (χ1n) is 9.89. The summed E-state index contributed by atoms with van der Waals surface area (Å²) in [6, 6.07) is 14.2. The van der Waals surface area contributed by atoms with Gasteiger partial charge in [-0.1, -0.05) is 16.8 Å². The molecule has 0 amide bonds. The molecular weight excluding hydrogens is 594 g/mol. The normalized spacial score (nSPS) is 10.8. The molecule has 0 fully saturated rings. The van der Waals surface area contributed by atoms with Crippen LogP contribution < -0.4 is 4.74 Å². The van der Waals surface area contributed by atoms with Gasteiger partial charge in [-0.25, -0.2) is 4.79 Å². The Morgan fingerprint density at radius 2 is 1.74 bits per heavy atom. The molecule has 3 aromatic carbocycles. The molecule has 0 saturated heterocycles. The monoisotopic (exact) mass is 609 g/mol. The number of rotatable bonds is 9. The zero-order valence-electron chi connectivity index (χ0n) is 17.8. The maximum absolute atomic E-state index is 12.8. The zero-order chi connectivity index (χ0) is 24.7. The second-order valence-corrected chi connectivity index (χ2v) is 8.89. The number of oxime groups is 1. The topological polar surface area (TPSA) is 94.4 Å². The van der Waals surface area contributed by atoms with Gasteiger partial charge in [0.15, 0.2) is 11.5 Å². The van der Waals surface area contributed by atoms with Crippen molar-refractivity contribution < 1.29 is 29.0 Å². The van der Waals surface area contributed by atoms with Crippen LogP contribution in [0.1, 0.15) is 28.4 Å². The molecule has 0 unspecified atom stereocenters. The zero-order valence-corrected chi connectivity index (χ0v) is 21.7. The van der Waals surface area contributed by atoms with E-state index in [2.05, 4.69) is 37.0 Å². The number of phenolic OH excluding ortho intramolecular Hbond substituents is 1. The van der Waals surface area contributed by atoms with Crippen molar-refractivity contribution in [1.29, 1.82) is 0 Å². The number of carbonyl (C=O) groups excluding carboxylic acids is 2. The molecule has 10 heteroatoms. The van der Waals surface area contributed by atoms with E-state index in [1.54, 1.807) is 49.4 Å². The number of ether oxygens (including phenoxy) is 2. The van der Waals surface area contributed by atoms with E-state index >= 15 is 0 Å². The number of halogens is 3. The van der Waals surface area contributed by atoms with Gasteiger partial charge in [0.2, 0.25) is 6.61 Å². The van der Waals surface area contributed by atoms with E-state index in [1.165, 1.54) is 18.3 Å². The first kappa shape index (κ1) is 25.7. The molecule has 0 heterocycles. The van der Waals surface area contributed by atoms with E-state index in [1.807, 2.05) is 0 Å². The summed E-state index contributed by atoms with van der Waals surface area (Å²) in [5, 5.41) is 14.5. The SMILES string of the molecule is CCOC(=O)CON=Cc1cc(Br)c(Oc2ccc(O)c(C(=O)c3ccc(Cl)cc3)c2)c(Br)c1. The molecule has 0 bridgehead atoms. The Kier molecular flexibility index (Phi) is 9.09. The summed E-state index contributed by atoms with van der Waals surface area (Å²) in [7, 11) is 0. The lowest BCUT2D eigenvalue weighted by atomic mass is 10.0. The summed E-state index contributed by atoms with van der Waals surface area (Å²) in [5.41, 5.74) is 1.14. The van der Waals surface area contributed by atoms with Crippen LogP contribution in [0.3, 0.4) is 0 Å². The summed E-state index contributed by atoms with van der Waals surface area (Å²) >= 11 is 12.8. The van der Waals surface area contributed by atoms with E-state index in [-0.39, 0.29) is 30.3 Å². The van der Waals surface area contributed by atoms with Crippen LogP contribution in [0, 0.1) is 0 Å². The average molecular weight is 612 g/mol. The maximum Gasteiger partial charge on any atom is 0.347 e. The number of hydrogen-bond donors (Lipinski definition) is 1. The fourth-order valence-corrected chi connectivity index (χ4v) is 4.29. The number of hydrogen-bond acceptors (Lipinski definition) is 7. The summed E-state index contributed by atoms with van der Waals surface area (Å²) in [4.78, 5) is 29.0. The van der Waals surface area contributed by atoms with Crippen LogP contribution >= 0.6 is 43.5 Å². The fraction of sp³-hybridized carbons (Fsp3) is 0.125. The molecule has 0 atom stereocenters. The van der Waals surface area contributed by atoms with E-state index in [9.17, 15) is 14.7 Å². The minimum Gasteiger partial charge on any atom is -0.507 e. The standard InChI is InChI=1S/C24H18Br2ClNO6/c1-2-32-22(30)13-33-28-12-14-9-19(25)24(20(26)10-14)34-17-7-8-21(29)18(11-17)23(31)15-3-5-16(27)6-4-15/h3-12,29H,2,13H2,1H3. The maximum atomic E-state index is 12.8. The third-order valence-corrected chi connectivity index (χ3v) is 5.75. The van der Waals surface area contributed by atoms with Gasteiger partial charge in [-0.05, 0) is 98.9 Å². The van der Waals surface area contributed by atoms with Crippen molar-refractivity contribution in [3.05, 3.63) is 85.3 Å². The molecule has 0 aromatic heterocycles. The quantitative estimate of drug-likeness (QED) is 0.128. The number of esters is 1. The molecule has 0 aliphatic carbocycles. The van der Waals surface area contributed by atoms with Gasteiger partial charge in [-0.2, -0.15) is 0 Å². The van der Waals surface area contributed by atoms with Gasteiger partial charge >= 0.3 is 5.97 Å². The Labute approximate surface area is 217 Å². The van der Waals surface area contributed by atoms with Crippen LogP contribution in [0.2, 0.25) is 5.02 Å². The van der Waals surface area contributed by atoms with Gasteiger partial charge in [-0.3, -0.25) is 4.79 Å². The number of ketones is 1. The molecule has 0 radical (unpaired) electrons. The molecule has 0 aliphatic heterocycles. The summed E-state index contributed by atoms with van der Waals surface area (Å²) in [6.45, 7) is 1.69. The molecule has 3 aromatic rings. The number of carbonyl (C=O) groups is 2. The molecule has 1 N–H and O–H groups in total. The van der Waals surface area contributed by atoms with E-state index in [4.69, 9.17) is 25.9 Å². The molecular formula is C24H18Br2ClNO6. The number of nitrogens with zero attached hydrogens (tertiary/aromatic N) is 1. The summed E-state index contributed by atoms with van der Waals surface area (Å²) in [5.74, 6) is -0.253. The predicted molar refractivity (Wildman–Crippen MR) is 135 cm³/mol.